The number of benzene rings is 1. The maximum Gasteiger partial charge on any atom is 0.185 e. The molecule has 1 aliphatic rings. The van der Waals surface area contributed by atoms with Crippen LogP contribution in [-0.4, -0.2) is 11.4 Å². The van der Waals surface area contributed by atoms with E-state index in [0.29, 0.717) is 20.8 Å². The van der Waals surface area contributed by atoms with Crippen LogP contribution in [0.25, 0.3) is 0 Å². The lowest BCUT2D eigenvalue weighted by molar-refractivity contribution is -0.114. The minimum atomic E-state index is -0.923. The number of ether oxygens (including phenoxy) is 1. The summed E-state index contributed by atoms with van der Waals surface area (Å²) in [5.74, 6) is 0.415. The van der Waals surface area contributed by atoms with E-state index in [4.69, 9.17) is 39.5 Å². The third kappa shape index (κ3) is 4.86. The van der Waals surface area contributed by atoms with E-state index in [1.807, 2.05) is 53.7 Å². The predicted molar refractivity (Wildman–Crippen MR) is 124 cm³/mol. The molecule has 0 heterocycles. The fourth-order valence-electron chi connectivity index (χ4n) is 3.30. The lowest BCUT2D eigenvalue weighted by Crippen LogP contribution is -2.49. The van der Waals surface area contributed by atoms with Crippen LogP contribution >= 0.6 is 34.8 Å². The molecule has 0 unspecified atom stereocenters. The van der Waals surface area contributed by atoms with E-state index >= 15 is 0 Å². The molecular formula is C24H31Cl3O2. The summed E-state index contributed by atoms with van der Waals surface area (Å²) in [4.78, 5) is 13.4. The molecule has 160 valence electrons. The van der Waals surface area contributed by atoms with Crippen molar-refractivity contribution in [1.29, 1.82) is 0 Å². The van der Waals surface area contributed by atoms with Gasteiger partial charge in [0.15, 0.2) is 17.1 Å². The summed E-state index contributed by atoms with van der Waals surface area (Å²) in [6.07, 6.45) is 3.90. The Balaban J connectivity index is 2.85. The van der Waals surface area contributed by atoms with Gasteiger partial charge in [0.2, 0.25) is 0 Å². The van der Waals surface area contributed by atoms with Gasteiger partial charge in [-0.2, -0.15) is 0 Å². The van der Waals surface area contributed by atoms with Crippen molar-refractivity contribution in [3.05, 3.63) is 50.5 Å². The van der Waals surface area contributed by atoms with Gasteiger partial charge in [-0.1, -0.05) is 97.1 Å². The highest BCUT2D eigenvalue weighted by Crippen LogP contribution is 2.49. The van der Waals surface area contributed by atoms with Gasteiger partial charge in [-0.15, -0.1) is 0 Å². The average Bonchev–Trinajstić information content (AvgIpc) is 2.48. The molecule has 0 saturated heterocycles. The van der Waals surface area contributed by atoms with Crippen molar-refractivity contribution in [2.45, 2.75) is 67.9 Å². The molecule has 2 rings (SSSR count). The van der Waals surface area contributed by atoms with Crippen molar-refractivity contribution in [3.8, 4) is 5.75 Å². The van der Waals surface area contributed by atoms with Gasteiger partial charge in [-0.3, -0.25) is 4.79 Å². The van der Waals surface area contributed by atoms with Crippen LogP contribution in [0.15, 0.2) is 35.4 Å². The fraction of sp³-hybridized carbons (Fsp3) is 0.542. The van der Waals surface area contributed by atoms with Gasteiger partial charge < -0.3 is 4.74 Å². The number of hydrogen-bond donors (Lipinski definition) is 0. The summed E-state index contributed by atoms with van der Waals surface area (Å²) in [6.45, 7) is 18.5. The molecule has 0 spiro atoms. The zero-order valence-corrected chi connectivity index (χ0v) is 21.0. The number of ketones is 1. The number of allylic oxidation sites excluding steroid dienone is 2. The number of halogens is 3. The molecule has 1 aliphatic carbocycles. The monoisotopic (exact) mass is 456 g/mol. The molecule has 5 heteroatoms. The Morgan fingerprint density at radius 2 is 1.14 bits per heavy atom. The van der Waals surface area contributed by atoms with Crippen molar-refractivity contribution in [1.82, 2.24) is 0 Å². The normalized spacial score (nSPS) is 17.7. The van der Waals surface area contributed by atoms with Gasteiger partial charge in [-0.05, 0) is 35.1 Å². The lowest BCUT2D eigenvalue weighted by atomic mass is 9.64. The Bertz CT molecular complexity index is 831. The zero-order valence-electron chi connectivity index (χ0n) is 18.8. The largest absolute Gasteiger partial charge is 0.475 e. The topological polar surface area (TPSA) is 26.3 Å². The molecule has 0 radical (unpaired) electrons. The first kappa shape index (κ1) is 24.3. The summed E-state index contributed by atoms with van der Waals surface area (Å²) in [5.41, 5.74) is -0.577. The fourth-order valence-corrected chi connectivity index (χ4v) is 4.20. The van der Waals surface area contributed by atoms with Crippen LogP contribution in [-0.2, 0) is 4.79 Å². The van der Waals surface area contributed by atoms with Crippen LogP contribution in [0.2, 0.25) is 15.1 Å². The second kappa shape index (κ2) is 7.62. The first-order valence-corrected chi connectivity index (χ1v) is 10.9. The third-order valence-corrected chi connectivity index (χ3v) is 6.01. The summed E-state index contributed by atoms with van der Waals surface area (Å²) in [6, 6.07) is 3.22. The van der Waals surface area contributed by atoms with Crippen molar-refractivity contribution >= 4 is 40.6 Å². The average molecular weight is 458 g/mol. The molecule has 0 amide bonds. The third-order valence-electron chi connectivity index (χ3n) is 5.23. The standard InChI is InChI=1S/C24H31Cl3O2/c1-21(2,3)15-12-24(23(7,8)9,13-16(19(15)28)22(4,5)6)29-20-17(26)10-14(25)11-18(20)27/h10-13H,1-9H3. The SMILES string of the molecule is CC(C)(C)C1=CC(Oc2c(Cl)cc(Cl)cc2Cl)(C(C)(C)C)C=C(C(C)(C)C)C1=O. The maximum atomic E-state index is 13.4. The highest BCUT2D eigenvalue weighted by Gasteiger charge is 2.49. The molecule has 1 aromatic carbocycles. The number of rotatable bonds is 2. The Kier molecular flexibility index (Phi) is 6.39. The summed E-state index contributed by atoms with van der Waals surface area (Å²) in [7, 11) is 0. The van der Waals surface area contributed by atoms with E-state index in [2.05, 4.69) is 20.8 Å². The van der Waals surface area contributed by atoms with Crippen molar-refractivity contribution in [3.63, 3.8) is 0 Å². The van der Waals surface area contributed by atoms with Crippen LogP contribution in [0.5, 0.6) is 5.75 Å². The molecule has 2 nitrogen and oxygen atoms in total. The number of carbonyl (C=O) groups is 1. The van der Waals surface area contributed by atoms with Crippen molar-refractivity contribution < 1.29 is 9.53 Å². The van der Waals surface area contributed by atoms with Crippen LogP contribution < -0.4 is 4.74 Å². The molecule has 0 N–H and O–H groups in total. The minimum Gasteiger partial charge on any atom is -0.475 e. The second-order valence-corrected chi connectivity index (χ2v) is 12.0. The Hall–Kier alpha value is -0.960. The first-order valence-electron chi connectivity index (χ1n) is 9.74. The van der Waals surface area contributed by atoms with Gasteiger partial charge in [0.05, 0.1) is 10.0 Å². The molecule has 0 aromatic heterocycles. The van der Waals surface area contributed by atoms with Gasteiger partial charge in [0.1, 0.15) is 0 Å². The van der Waals surface area contributed by atoms with E-state index in [-0.39, 0.29) is 16.6 Å². The van der Waals surface area contributed by atoms with E-state index in [0.717, 1.165) is 11.1 Å². The number of carbonyl (C=O) groups excluding carboxylic acids is 1. The van der Waals surface area contributed by atoms with Crippen LogP contribution in [0, 0.1) is 16.2 Å². The van der Waals surface area contributed by atoms with Crippen LogP contribution in [0.1, 0.15) is 62.3 Å². The molecule has 0 bridgehead atoms. The lowest BCUT2D eigenvalue weighted by Gasteiger charge is -2.46. The Morgan fingerprint density at radius 3 is 1.45 bits per heavy atom. The van der Waals surface area contributed by atoms with Gasteiger partial charge >= 0.3 is 0 Å². The summed E-state index contributed by atoms with van der Waals surface area (Å²) >= 11 is 19.0. The van der Waals surface area contributed by atoms with E-state index in [9.17, 15) is 4.79 Å². The molecular weight excluding hydrogens is 427 g/mol. The second-order valence-electron chi connectivity index (χ2n) is 10.8. The maximum absolute atomic E-state index is 13.4. The molecule has 0 saturated carbocycles. The first-order chi connectivity index (χ1) is 12.9. The highest BCUT2D eigenvalue weighted by atomic mass is 35.5. The van der Waals surface area contributed by atoms with E-state index < -0.39 is 11.0 Å². The smallest absolute Gasteiger partial charge is 0.185 e. The van der Waals surface area contributed by atoms with E-state index in [1.54, 1.807) is 12.1 Å². The quantitative estimate of drug-likeness (QED) is 0.446. The summed E-state index contributed by atoms with van der Waals surface area (Å²) in [5, 5.41) is 1.10. The molecule has 29 heavy (non-hydrogen) atoms. The van der Waals surface area contributed by atoms with Gasteiger partial charge in [0, 0.05) is 21.6 Å². The van der Waals surface area contributed by atoms with Gasteiger partial charge in [-0.25, -0.2) is 0 Å². The minimum absolute atomic E-state index is 0.0572. The molecule has 0 aliphatic heterocycles. The van der Waals surface area contributed by atoms with Crippen molar-refractivity contribution in [2.75, 3.05) is 0 Å². The number of hydrogen-bond acceptors (Lipinski definition) is 2. The zero-order chi connectivity index (χ0) is 22.6. The van der Waals surface area contributed by atoms with Crippen LogP contribution in [0.4, 0.5) is 0 Å². The molecule has 1 aromatic rings. The highest BCUT2D eigenvalue weighted by molar-refractivity contribution is 6.40. The Labute approximate surface area is 190 Å². The van der Waals surface area contributed by atoms with Gasteiger partial charge in [0.25, 0.3) is 0 Å². The Morgan fingerprint density at radius 1 is 0.759 bits per heavy atom. The van der Waals surface area contributed by atoms with Crippen LogP contribution in [0.3, 0.4) is 0 Å². The molecule has 0 atom stereocenters. The summed E-state index contributed by atoms with van der Waals surface area (Å²) < 4.78 is 6.60. The predicted octanol–water partition coefficient (Wildman–Crippen LogP) is 8.34. The molecule has 0 fully saturated rings. The van der Waals surface area contributed by atoms with Crippen molar-refractivity contribution in [2.24, 2.45) is 16.2 Å². The number of Topliss-reactive ketones (excluding diaryl/α,β-unsaturated/α-hetero) is 1. The van der Waals surface area contributed by atoms with E-state index in [1.165, 1.54) is 0 Å².